The molecule has 0 spiro atoms. The number of benzene rings is 2. The van der Waals surface area contributed by atoms with Crippen molar-refractivity contribution in [1.82, 2.24) is 13.5 Å². The predicted octanol–water partition coefficient (Wildman–Crippen LogP) is 1.02. The number of sulfonamides is 2. The van der Waals surface area contributed by atoms with Gasteiger partial charge in [0.2, 0.25) is 26.0 Å². The summed E-state index contributed by atoms with van der Waals surface area (Å²) < 4.78 is 52.4. The van der Waals surface area contributed by atoms with Crippen molar-refractivity contribution in [2.45, 2.75) is 11.4 Å². The van der Waals surface area contributed by atoms with Crippen molar-refractivity contribution in [3.8, 4) is 0 Å². The topological polar surface area (TPSA) is 107 Å². The number of carbonyl (C=O) groups excluding carboxylic acids is 1. The summed E-state index contributed by atoms with van der Waals surface area (Å²) in [6.07, 6.45) is 1.06. The van der Waals surface area contributed by atoms with Crippen LogP contribution in [0.4, 0.5) is 5.69 Å². The first-order chi connectivity index (χ1) is 15.1. The van der Waals surface area contributed by atoms with Crippen molar-refractivity contribution in [2.24, 2.45) is 0 Å². The molecule has 1 saturated heterocycles. The zero-order chi connectivity index (χ0) is 23.4. The second-order valence-electron chi connectivity index (χ2n) is 7.80. The first-order valence-corrected chi connectivity index (χ1v) is 13.4. The number of likely N-dealkylation sites (N-methyl/N-ethyl adjacent to an activating group) is 1. The van der Waals surface area contributed by atoms with Crippen LogP contribution >= 0.6 is 0 Å². The van der Waals surface area contributed by atoms with Crippen LogP contribution in [0.25, 0.3) is 0 Å². The van der Waals surface area contributed by atoms with Gasteiger partial charge < -0.3 is 10.2 Å². The highest BCUT2D eigenvalue weighted by molar-refractivity contribution is 7.89. The Bertz CT molecular complexity index is 1130. The van der Waals surface area contributed by atoms with Gasteiger partial charge in [0.25, 0.3) is 0 Å². The van der Waals surface area contributed by atoms with Gasteiger partial charge in [-0.3, -0.25) is 4.79 Å². The summed E-state index contributed by atoms with van der Waals surface area (Å²) in [5, 5.41) is 2.63. The predicted molar refractivity (Wildman–Crippen MR) is 123 cm³/mol. The molecule has 1 aliphatic heterocycles. The number of nitrogens with one attached hydrogen (secondary N) is 1. The average Bonchev–Trinajstić information content (AvgIpc) is 2.74. The lowest BCUT2D eigenvalue weighted by atomic mass is 10.2. The minimum absolute atomic E-state index is 0.0787. The highest BCUT2D eigenvalue weighted by Gasteiger charge is 2.27. The average molecular weight is 481 g/mol. The molecule has 2 aromatic carbocycles. The molecule has 11 heteroatoms. The molecule has 1 amide bonds. The van der Waals surface area contributed by atoms with E-state index in [0.717, 1.165) is 16.1 Å². The monoisotopic (exact) mass is 480 g/mol. The van der Waals surface area contributed by atoms with E-state index in [4.69, 9.17) is 0 Å². The Morgan fingerprint density at radius 1 is 0.938 bits per heavy atom. The third kappa shape index (κ3) is 6.36. The molecule has 32 heavy (non-hydrogen) atoms. The molecule has 0 aromatic heterocycles. The Morgan fingerprint density at radius 3 is 2.09 bits per heavy atom. The number of hydrogen-bond acceptors (Lipinski definition) is 6. The van der Waals surface area contributed by atoms with E-state index in [1.807, 2.05) is 13.1 Å². The minimum Gasteiger partial charge on any atom is -0.325 e. The van der Waals surface area contributed by atoms with Gasteiger partial charge in [-0.2, -0.15) is 8.61 Å². The summed E-state index contributed by atoms with van der Waals surface area (Å²) in [5.41, 5.74) is 1.16. The molecule has 0 bridgehead atoms. The highest BCUT2D eigenvalue weighted by atomic mass is 32.2. The van der Waals surface area contributed by atoms with E-state index in [-0.39, 0.29) is 18.0 Å². The van der Waals surface area contributed by atoms with E-state index in [9.17, 15) is 21.6 Å². The SMILES string of the molecule is CN1CCN(S(=O)(=O)c2ccc(NC(=O)CN(Cc3ccccc3)S(C)(=O)=O)cc2)CC1. The summed E-state index contributed by atoms with van der Waals surface area (Å²) in [4.78, 5) is 14.7. The molecular formula is C21H28N4O5S2. The van der Waals surface area contributed by atoms with Gasteiger partial charge in [0.1, 0.15) is 0 Å². The Morgan fingerprint density at radius 2 is 1.53 bits per heavy atom. The number of anilines is 1. The summed E-state index contributed by atoms with van der Waals surface area (Å²) in [5.74, 6) is -0.513. The van der Waals surface area contributed by atoms with Gasteiger partial charge in [0, 0.05) is 38.4 Å². The molecule has 3 rings (SSSR count). The van der Waals surface area contributed by atoms with Crippen LogP contribution in [0.2, 0.25) is 0 Å². The third-order valence-corrected chi connectivity index (χ3v) is 8.34. The van der Waals surface area contributed by atoms with Crippen LogP contribution in [0.15, 0.2) is 59.5 Å². The van der Waals surface area contributed by atoms with Crippen LogP contribution in [-0.2, 0) is 31.4 Å². The summed E-state index contributed by atoms with van der Waals surface area (Å²) in [7, 11) is -5.26. The molecular weight excluding hydrogens is 452 g/mol. The Kier molecular flexibility index (Phi) is 7.67. The Labute approximate surface area is 189 Å². The van der Waals surface area contributed by atoms with Crippen LogP contribution in [0, 0.1) is 0 Å². The molecule has 174 valence electrons. The zero-order valence-electron chi connectivity index (χ0n) is 18.1. The van der Waals surface area contributed by atoms with E-state index in [0.29, 0.717) is 31.9 Å². The molecule has 0 atom stereocenters. The molecule has 0 unspecified atom stereocenters. The van der Waals surface area contributed by atoms with Crippen LogP contribution in [0.5, 0.6) is 0 Å². The summed E-state index contributed by atoms with van der Waals surface area (Å²) in [6, 6.07) is 14.9. The zero-order valence-corrected chi connectivity index (χ0v) is 19.8. The molecule has 2 aromatic rings. The van der Waals surface area contributed by atoms with Gasteiger partial charge >= 0.3 is 0 Å². The maximum Gasteiger partial charge on any atom is 0.243 e. The Hall–Kier alpha value is -2.31. The lowest BCUT2D eigenvalue weighted by Crippen LogP contribution is -2.46. The van der Waals surface area contributed by atoms with Gasteiger partial charge in [-0.1, -0.05) is 30.3 Å². The quantitative estimate of drug-likeness (QED) is 0.605. The van der Waals surface area contributed by atoms with Gasteiger partial charge in [-0.05, 0) is 36.9 Å². The lowest BCUT2D eigenvalue weighted by molar-refractivity contribution is -0.116. The highest BCUT2D eigenvalue weighted by Crippen LogP contribution is 2.20. The number of carbonyl (C=O) groups is 1. The summed E-state index contributed by atoms with van der Waals surface area (Å²) >= 11 is 0. The second kappa shape index (κ2) is 10.1. The standard InChI is InChI=1S/C21H28N4O5S2/c1-23-12-14-24(15-13-23)32(29,30)20-10-8-19(9-11-20)22-21(26)17-25(31(2,27)28)16-18-6-4-3-5-7-18/h3-11H,12-17H2,1-2H3,(H,22,26). The maximum absolute atomic E-state index is 12.8. The van der Waals surface area contributed by atoms with Crippen molar-refractivity contribution < 1.29 is 21.6 Å². The van der Waals surface area contributed by atoms with Gasteiger partial charge in [-0.25, -0.2) is 16.8 Å². The first-order valence-electron chi connectivity index (χ1n) is 10.1. The molecule has 1 fully saturated rings. The van der Waals surface area contributed by atoms with E-state index in [1.54, 1.807) is 24.3 Å². The number of hydrogen-bond donors (Lipinski definition) is 1. The Balaban J connectivity index is 1.64. The van der Waals surface area contributed by atoms with Crippen LogP contribution in [0.1, 0.15) is 5.56 Å². The second-order valence-corrected chi connectivity index (χ2v) is 11.7. The summed E-state index contributed by atoms with van der Waals surface area (Å²) in [6.45, 7) is 1.94. The number of amides is 1. The lowest BCUT2D eigenvalue weighted by Gasteiger charge is -2.31. The van der Waals surface area contributed by atoms with Gasteiger partial charge in [0.15, 0.2) is 0 Å². The number of piperazine rings is 1. The molecule has 0 saturated carbocycles. The van der Waals surface area contributed by atoms with E-state index in [1.165, 1.54) is 28.6 Å². The van der Waals surface area contributed by atoms with Gasteiger partial charge in [0.05, 0.1) is 17.7 Å². The first kappa shape index (κ1) is 24.3. The van der Waals surface area contributed by atoms with E-state index < -0.39 is 26.0 Å². The van der Waals surface area contributed by atoms with Crippen molar-refractivity contribution in [3.05, 3.63) is 60.2 Å². The fourth-order valence-electron chi connectivity index (χ4n) is 3.33. The van der Waals surface area contributed by atoms with Crippen LogP contribution in [0.3, 0.4) is 0 Å². The molecule has 9 nitrogen and oxygen atoms in total. The van der Waals surface area contributed by atoms with Crippen molar-refractivity contribution in [3.63, 3.8) is 0 Å². The molecule has 0 aliphatic carbocycles. The third-order valence-electron chi connectivity index (χ3n) is 5.23. The molecule has 1 aliphatic rings. The molecule has 1 N–H and O–H groups in total. The van der Waals surface area contributed by atoms with Crippen LogP contribution < -0.4 is 5.32 Å². The number of rotatable bonds is 8. The minimum atomic E-state index is -3.61. The number of nitrogens with zero attached hydrogens (tertiary/aromatic N) is 3. The maximum atomic E-state index is 12.8. The fourth-order valence-corrected chi connectivity index (χ4v) is 5.48. The van der Waals surface area contributed by atoms with Crippen molar-refractivity contribution in [2.75, 3.05) is 51.3 Å². The largest absolute Gasteiger partial charge is 0.325 e. The van der Waals surface area contributed by atoms with Crippen molar-refractivity contribution >= 4 is 31.6 Å². The van der Waals surface area contributed by atoms with Crippen LogP contribution in [-0.4, -0.2) is 82.3 Å². The smallest absolute Gasteiger partial charge is 0.243 e. The molecule has 0 radical (unpaired) electrons. The van der Waals surface area contributed by atoms with Gasteiger partial charge in [-0.15, -0.1) is 0 Å². The normalized spacial score (nSPS) is 16.2. The van der Waals surface area contributed by atoms with E-state index in [2.05, 4.69) is 10.2 Å². The fraction of sp³-hybridized carbons (Fsp3) is 0.381. The van der Waals surface area contributed by atoms with E-state index >= 15 is 0 Å². The molecule has 1 heterocycles. The van der Waals surface area contributed by atoms with Crippen molar-refractivity contribution in [1.29, 1.82) is 0 Å².